The lowest BCUT2D eigenvalue weighted by atomic mass is 10.0. The first-order valence-corrected chi connectivity index (χ1v) is 6.44. The Labute approximate surface area is 102 Å². The third-order valence-electron chi connectivity index (χ3n) is 2.41. The lowest BCUT2D eigenvalue weighted by Gasteiger charge is -2.22. The SMILES string of the molecule is CCSc1ccc(C(C(C)=O)N(C)C)cc1. The average Bonchev–Trinajstić information content (AvgIpc) is 2.20. The Bertz CT molecular complexity index is 345. The van der Waals surface area contributed by atoms with Gasteiger partial charge in [0.05, 0.1) is 6.04 Å². The van der Waals surface area contributed by atoms with Gasteiger partial charge < -0.3 is 0 Å². The van der Waals surface area contributed by atoms with Crippen molar-refractivity contribution in [2.45, 2.75) is 24.8 Å². The zero-order valence-electron chi connectivity index (χ0n) is 10.4. The van der Waals surface area contributed by atoms with E-state index in [0.29, 0.717) is 0 Å². The number of hydrogen-bond acceptors (Lipinski definition) is 3. The monoisotopic (exact) mass is 237 g/mol. The fourth-order valence-corrected chi connectivity index (χ4v) is 2.47. The molecule has 3 heteroatoms. The first kappa shape index (κ1) is 13.3. The van der Waals surface area contributed by atoms with Gasteiger partial charge in [-0.3, -0.25) is 9.69 Å². The highest BCUT2D eigenvalue weighted by Gasteiger charge is 2.18. The zero-order valence-corrected chi connectivity index (χ0v) is 11.2. The van der Waals surface area contributed by atoms with E-state index >= 15 is 0 Å². The molecule has 88 valence electrons. The Balaban J connectivity index is 2.90. The van der Waals surface area contributed by atoms with Crippen molar-refractivity contribution in [1.82, 2.24) is 4.90 Å². The quantitative estimate of drug-likeness (QED) is 0.734. The molecule has 1 atom stereocenters. The van der Waals surface area contributed by atoms with Gasteiger partial charge in [0.25, 0.3) is 0 Å². The van der Waals surface area contributed by atoms with Crippen molar-refractivity contribution in [2.75, 3.05) is 19.8 Å². The molecular weight excluding hydrogens is 218 g/mol. The second kappa shape index (κ2) is 6.06. The summed E-state index contributed by atoms with van der Waals surface area (Å²) >= 11 is 1.81. The number of carbonyl (C=O) groups excluding carboxylic acids is 1. The van der Waals surface area contributed by atoms with E-state index in [1.54, 1.807) is 6.92 Å². The van der Waals surface area contributed by atoms with Gasteiger partial charge >= 0.3 is 0 Å². The number of thioether (sulfide) groups is 1. The highest BCUT2D eigenvalue weighted by atomic mass is 32.2. The van der Waals surface area contributed by atoms with Crippen molar-refractivity contribution in [1.29, 1.82) is 0 Å². The van der Waals surface area contributed by atoms with Crippen molar-refractivity contribution >= 4 is 17.5 Å². The van der Waals surface area contributed by atoms with Gasteiger partial charge in [-0.05, 0) is 44.5 Å². The van der Waals surface area contributed by atoms with E-state index in [2.05, 4.69) is 19.1 Å². The minimum Gasteiger partial charge on any atom is -0.298 e. The fourth-order valence-electron chi connectivity index (χ4n) is 1.81. The van der Waals surface area contributed by atoms with Crippen molar-refractivity contribution < 1.29 is 4.79 Å². The van der Waals surface area contributed by atoms with Crippen LogP contribution in [0.4, 0.5) is 0 Å². The highest BCUT2D eigenvalue weighted by Crippen LogP contribution is 2.23. The van der Waals surface area contributed by atoms with Crippen LogP contribution in [-0.2, 0) is 4.79 Å². The second-order valence-corrected chi connectivity index (χ2v) is 5.32. The van der Waals surface area contributed by atoms with Crippen molar-refractivity contribution in [3.63, 3.8) is 0 Å². The predicted molar refractivity (Wildman–Crippen MR) is 69.9 cm³/mol. The highest BCUT2D eigenvalue weighted by molar-refractivity contribution is 7.99. The summed E-state index contributed by atoms with van der Waals surface area (Å²) in [5, 5.41) is 0. The second-order valence-electron chi connectivity index (χ2n) is 3.98. The van der Waals surface area contributed by atoms with Gasteiger partial charge in [0.2, 0.25) is 0 Å². The number of carbonyl (C=O) groups is 1. The molecule has 0 amide bonds. The van der Waals surface area contributed by atoms with Gasteiger partial charge in [-0.25, -0.2) is 0 Å². The summed E-state index contributed by atoms with van der Waals surface area (Å²) in [6.45, 7) is 3.77. The molecule has 1 aromatic rings. The Hall–Kier alpha value is -0.800. The van der Waals surface area contributed by atoms with Crippen LogP contribution in [0.1, 0.15) is 25.5 Å². The van der Waals surface area contributed by atoms with Crippen LogP contribution in [0.5, 0.6) is 0 Å². The van der Waals surface area contributed by atoms with Crippen molar-refractivity contribution in [3.8, 4) is 0 Å². The molecule has 0 N–H and O–H groups in total. The van der Waals surface area contributed by atoms with Crippen LogP contribution in [0, 0.1) is 0 Å². The maximum Gasteiger partial charge on any atom is 0.151 e. The molecule has 0 bridgehead atoms. The van der Waals surface area contributed by atoms with E-state index in [1.165, 1.54) is 4.90 Å². The van der Waals surface area contributed by atoms with Crippen LogP contribution in [0.3, 0.4) is 0 Å². The van der Waals surface area contributed by atoms with Gasteiger partial charge in [-0.2, -0.15) is 0 Å². The number of hydrogen-bond donors (Lipinski definition) is 0. The van der Waals surface area contributed by atoms with E-state index in [0.717, 1.165) is 11.3 Å². The van der Waals surface area contributed by atoms with Gasteiger partial charge in [-0.15, -0.1) is 11.8 Å². The predicted octanol–water partition coefficient (Wildman–Crippen LogP) is 2.99. The number of Topliss-reactive ketones (excluding diaryl/α,β-unsaturated/α-hetero) is 1. The molecule has 0 aliphatic rings. The summed E-state index contributed by atoms with van der Waals surface area (Å²) in [5.74, 6) is 1.25. The van der Waals surface area contributed by atoms with Crippen molar-refractivity contribution in [2.24, 2.45) is 0 Å². The molecule has 1 unspecified atom stereocenters. The van der Waals surface area contributed by atoms with Crippen LogP contribution in [0.2, 0.25) is 0 Å². The zero-order chi connectivity index (χ0) is 12.1. The number of rotatable bonds is 5. The van der Waals surface area contributed by atoms with E-state index in [-0.39, 0.29) is 11.8 Å². The first-order valence-electron chi connectivity index (χ1n) is 5.46. The largest absolute Gasteiger partial charge is 0.298 e. The summed E-state index contributed by atoms with van der Waals surface area (Å²) < 4.78 is 0. The van der Waals surface area contributed by atoms with Gasteiger partial charge in [-0.1, -0.05) is 19.1 Å². The molecule has 1 aromatic carbocycles. The lowest BCUT2D eigenvalue weighted by Crippen LogP contribution is -2.25. The standard InChI is InChI=1S/C13H19NOS/c1-5-16-12-8-6-11(7-9-12)13(10(2)15)14(3)4/h6-9,13H,5H2,1-4H3. The van der Waals surface area contributed by atoms with Crippen LogP contribution in [-0.4, -0.2) is 30.5 Å². The number of benzene rings is 1. The Kier molecular flexibility index (Phi) is 5.03. The maximum atomic E-state index is 11.5. The van der Waals surface area contributed by atoms with Crippen LogP contribution >= 0.6 is 11.8 Å². The topological polar surface area (TPSA) is 20.3 Å². The van der Waals surface area contributed by atoms with Crippen molar-refractivity contribution in [3.05, 3.63) is 29.8 Å². The Morgan fingerprint density at radius 1 is 1.31 bits per heavy atom. The minimum atomic E-state index is -0.124. The molecule has 0 saturated heterocycles. The van der Waals surface area contributed by atoms with Crippen LogP contribution in [0.25, 0.3) is 0 Å². The summed E-state index contributed by atoms with van der Waals surface area (Å²) in [5.41, 5.74) is 1.07. The molecule has 0 radical (unpaired) electrons. The molecule has 0 aliphatic carbocycles. The van der Waals surface area contributed by atoms with E-state index < -0.39 is 0 Å². The number of likely N-dealkylation sites (N-methyl/N-ethyl adjacent to an activating group) is 1. The Morgan fingerprint density at radius 2 is 1.88 bits per heavy atom. The third kappa shape index (κ3) is 3.35. The minimum absolute atomic E-state index is 0.124. The smallest absolute Gasteiger partial charge is 0.151 e. The Morgan fingerprint density at radius 3 is 2.25 bits per heavy atom. The molecule has 2 nitrogen and oxygen atoms in total. The number of nitrogens with zero attached hydrogens (tertiary/aromatic N) is 1. The maximum absolute atomic E-state index is 11.5. The van der Waals surface area contributed by atoms with Gasteiger partial charge in [0, 0.05) is 4.90 Å². The molecule has 0 heterocycles. The molecule has 0 aliphatic heterocycles. The molecule has 1 rings (SSSR count). The van der Waals surface area contributed by atoms with Gasteiger partial charge in [0.15, 0.2) is 5.78 Å². The average molecular weight is 237 g/mol. The summed E-state index contributed by atoms with van der Waals surface area (Å²) in [4.78, 5) is 14.8. The number of ketones is 1. The van der Waals surface area contributed by atoms with E-state index in [1.807, 2.05) is 42.9 Å². The lowest BCUT2D eigenvalue weighted by molar-refractivity contribution is -0.121. The first-order chi connectivity index (χ1) is 7.56. The summed E-state index contributed by atoms with van der Waals surface area (Å²) in [6, 6.07) is 8.14. The van der Waals surface area contributed by atoms with Gasteiger partial charge in [0.1, 0.15) is 0 Å². The van der Waals surface area contributed by atoms with Crippen LogP contribution < -0.4 is 0 Å². The molecule has 16 heavy (non-hydrogen) atoms. The molecule has 0 spiro atoms. The van der Waals surface area contributed by atoms with Crippen LogP contribution in [0.15, 0.2) is 29.2 Å². The van der Waals surface area contributed by atoms with E-state index in [4.69, 9.17) is 0 Å². The van der Waals surface area contributed by atoms with E-state index in [9.17, 15) is 4.79 Å². The molecule has 0 fully saturated rings. The normalized spacial score (nSPS) is 12.8. The third-order valence-corrected chi connectivity index (χ3v) is 3.30. The molecule has 0 aromatic heterocycles. The fraction of sp³-hybridized carbons (Fsp3) is 0.462. The molecular formula is C13H19NOS. The molecule has 0 saturated carbocycles. The summed E-state index contributed by atoms with van der Waals surface area (Å²) in [6.07, 6.45) is 0. The summed E-state index contributed by atoms with van der Waals surface area (Å²) in [7, 11) is 3.86.